The van der Waals surface area contributed by atoms with Crippen LogP contribution in [-0.2, 0) is 4.57 Å². The van der Waals surface area contributed by atoms with Crippen LogP contribution in [0.1, 0.15) is 13.8 Å². The molecule has 0 fully saturated rings. The summed E-state index contributed by atoms with van der Waals surface area (Å²) in [6, 6.07) is 0. The molecule has 0 aromatic carbocycles. The fourth-order valence-corrected chi connectivity index (χ4v) is 4.79. The first-order chi connectivity index (χ1) is 7.04. The second-order valence-electron chi connectivity index (χ2n) is 2.94. The molecule has 15 heavy (non-hydrogen) atoms. The monoisotopic (exact) mass is 294 g/mol. The van der Waals surface area contributed by atoms with Crippen LogP contribution in [0.3, 0.4) is 0 Å². The van der Waals surface area contributed by atoms with Gasteiger partial charge in [0.25, 0.3) is 0 Å². The van der Waals surface area contributed by atoms with Crippen LogP contribution < -0.4 is 0 Å². The Morgan fingerprint density at radius 3 is 1.67 bits per heavy atom. The van der Waals surface area contributed by atoms with Gasteiger partial charge in [0.1, 0.15) is 0 Å². The molecule has 0 aliphatic carbocycles. The summed E-state index contributed by atoms with van der Waals surface area (Å²) < 4.78 is 15.8. The maximum atomic E-state index is 12.4. The molecule has 0 bridgehead atoms. The zero-order valence-electron chi connectivity index (χ0n) is 9.13. The van der Waals surface area contributed by atoms with E-state index in [0.29, 0.717) is 37.9 Å². The highest BCUT2D eigenvalue weighted by Gasteiger charge is 2.32. The molecule has 0 saturated heterocycles. The number of hydrogen-bond acceptors (Lipinski definition) is 1. The second-order valence-corrected chi connectivity index (χ2v) is 7.10. The van der Waals surface area contributed by atoms with E-state index in [9.17, 15) is 4.57 Å². The molecule has 0 aromatic rings. The summed E-state index contributed by atoms with van der Waals surface area (Å²) in [6.45, 7) is 3.17. The Bertz CT molecular complexity index is 208. The summed E-state index contributed by atoms with van der Waals surface area (Å²) in [6.07, 6.45) is 0. The molecule has 0 aliphatic rings. The summed E-state index contributed by atoms with van der Waals surface area (Å²) in [5, 5.41) is 0. The zero-order chi connectivity index (χ0) is 11.9. The molecule has 0 N–H and O–H groups in total. The van der Waals surface area contributed by atoms with Gasteiger partial charge in [0, 0.05) is 37.9 Å². The molecule has 0 saturated carbocycles. The Balaban J connectivity index is 4.66. The normalized spacial score (nSPS) is 15.9. The van der Waals surface area contributed by atoms with E-state index in [4.69, 9.17) is 34.4 Å². The van der Waals surface area contributed by atoms with Gasteiger partial charge >= 0.3 is 6.80 Å². The van der Waals surface area contributed by atoms with Gasteiger partial charge in [0.2, 0.25) is 0 Å². The van der Waals surface area contributed by atoms with Crippen molar-refractivity contribution in [2.45, 2.75) is 13.8 Å². The molecular formula is C8H18Cl3N2OP. The van der Waals surface area contributed by atoms with Crippen molar-refractivity contribution in [3.8, 4) is 0 Å². The molecule has 0 aliphatic heterocycles. The summed E-state index contributed by atoms with van der Waals surface area (Å²) in [5.41, 5.74) is 0. The van der Waals surface area contributed by atoms with E-state index in [1.54, 1.807) is 9.34 Å². The van der Waals surface area contributed by atoms with Crippen LogP contribution in [0.2, 0.25) is 0 Å². The fourth-order valence-electron chi connectivity index (χ4n) is 1.30. The fraction of sp³-hybridized carbons (Fsp3) is 1.00. The van der Waals surface area contributed by atoms with Crippen molar-refractivity contribution in [2.24, 2.45) is 0 Å². The highest BCUT2D eigenvalue weighted by atomic mass is 35.7. The maximum Gasteiger partial charge on any atom is 0.304 e. The van der Waals surface area contributed by atoms with E-state index in [1.807, 2.05) is 13.8 Å². The first-order valence-corrected chi connectivity index (χ1v) is 8.55. The van der Waals surface area contributed by atoms with Gasteiger partial charge in [0.15, 0.2) is 0 Å². The van der Waals surface area contributed by atoms with Crippen molar-refractivity contribution in [1.29, 1.82) is 0 Å². The number of halogens is 3. The van der Waals surface area contributed by atoms with Gasteiger partial charge in [-0.15, -0.1) is 23.2 Å². The van der Waals surface area contributed by atoms with Crippen molar-refractivity contribution in [3.05, 3.63) is 0 Å². The number of nitrogens with zero attached hydrogens (tertiary/aromatic N) is 2. The predicted molar refractivity (Wildman–Crippen MR) is 69.4 cm³/mol. The summed E-state index contributed by atoms with van der Waals surface area (Å²) >= 11 is 17.4. The van der Waals surface area contributed by atoms with Gasteiger partial charge in [-0.1, -0.05) is 13.8 Å². The molecule has 0 heterocycles. The van der Waals surface area contributed by atoms with Crippen LogP contribution in [0, 0.1) is 0 Å². The van der Waals surface area contributed by atoms with Gasteiger partial charge in [-0.05, 0) is 11.2 Å². The van der Waals surface area contributed by atoms with Gasteiger partial charge < -0.3 is 0 Å². The quantitative estimate of drug-likeness (QED) is 0.506. The minimum Gasteiger partial charge on any atom is -0.271 e. The Hall–Kier alpha value is 1.02. The number of rotatable bonds is 8. The molecule has 1 atom stereocenters. The van der Waals surface area contributed by atoms with Crippen LogP contribution in [0.5, 0.6) is 0 Å². The first kappa shape index (κ1) is 16.0. The Labute approximate surface area is 107 Å². The Morgan fingerprint density at radius 2 is 1.40 bits per heavy atom. The summed E-state index contributed by atoms with van der Waals surface area (Å²) in [5.74, 6) is 0.795. The minimum absolute atomic E-state index is 0.398. The first-order valence-electron chi connectivity index (χ1n) is 4.97. The molecule has 0 radical (unpaired) electrons. The lowest BCUT2D eigenvalue weighted by atomic mass is 10.6. The van der Waals surface area contributed by atoms with Crippen LogP contribution >= 0.6 is 41.2 Å². The van der Waals surface area contributed by atoms with Crippen LogP contribution in [0.25, 0.3) is 0 Å². The third-order valence-corrected chi connectivity index (χ3v) is 6.10. The second kappa shape index (κ2) is 8.16. The van der Waals surface area contributed by atoms with E-state index >= 15 is 0 Å². The van der Waals surface area contributed by atoms with Crippen molar-refractivity contribution < 1.29 is 4.57 Å². The molecule has 0 amide bonds. The van der Waals surface area contributed by atoms with Crippen LogP contribution in [0.15, 0.2) is 0 Å². The van der Waals surface area contributed by atoms with E-state index < -0.39 is 6.80 Å². The molecule has 0 aromatic heterocycles. The highest BCUT2D eigenvalue weighted by molar-refractivity contribution is 7.85. The van der Waals surface area contributed by atoms with Crippen LogP contribution in [-0.4, -0.2) is 47.3 Å². The average molecular weight is 296 g/mol. The van der Waals surface area contributed by atoms with E-state index in [0.717, 1.165) is 0 Å². The van der Waals surface area contributed by atoms with Gasteiger partial charge in [0.05, 0.1) is 0 Å². The highest BCUT2D eigenvalue weighted by Crippen LogP contribution is 2.57. The molecule has 7 heteroatoms. The van der Waals surface area contributed by atoms with Crippen molar-refractivity contribution >= 4 is 41.2 Å². The van der Waals surface area contributed by atoms with Crippen molar-refractivity contribution in [2.75, 3.05) is 37.9 Å². The summed E-state index contributed by atoms with van der Waals surface area (Å²) in [4.78, 5) is 0. The lowest BCUT2D eigenvalue weighted by Gasteiger charge is -2.33. The predicted octanol–water partition coefficient (Wildman–Crippen LogP) is 3.45. The molecule has 3 nitrogen and oxygen atoms in total. The smallest absolute Gasteiger partial charge is 0.271 e. The van der Waals surface area contributed by atoms with Crippen molar-refractivity contribution in [3.63, 3.8) is 0 Å². The van der Waals surface area contributed by atoms with E-state index in [1.165, 1.54) is 0 Å². The number of alkyl halides is 2. The standard InChI is InChI=1S/C8H18Cl3N2OP/c1-3-12(4-2)15(11,14)13(7-5-9)8-6-10/h3-8H2,1-2H3. The average Bonchev–Trinajstić information content (AvgIpc) is 2.19. The molecule has 1 unspecified atom stereocenters. The molecule has 0 spiro atoms. The van der Waals surface area contributed by atoms with Gasteiger partial charge in [-0.2, -0.15) is 0 Å². The van der Waals surface area contributed by atoms with E-state index in [2.05, 4.69) is 0 Å². The van der Waals surface area contributed by atoms with Gasteiger partial charge in [-0.25, -0.2) is 9.34 Å². The Kier molecular flexibility index (Phi) is 8.72. The Morgan fingerprint density at radius 1 is 1.00 bits per heavy atom. The minimum atomic E-state index is -2.98. The number of hydrogen-bond donors (Lipinski definition) is 0. The SMILES string of the molecule is CCN(CC)P(=O)(Cl)N(CCCl)CCCl. The molecule has 0 rings (SSSR count). The summed E-state index contributed by atoms with van der Waals surface area (Å²) in [7, 11) is 0. The zero-order valence-corrected chi connectivity index (χ0v) is 12.3. The lowest BCUT2D eigenvalue weighted by Crippen LogP contribution is -2.32. The van der Waals surface area contributed by atoms with Crippen molar-refractivity contribution in [1.82, 2.24) is 9.34 Å². The third-order valence-electron chi connectivity index (χ3n) is 2.11. The van der Waals surface area contributed by atoms with E-state index in [-0.39, 0.29) is 0 Å². The maximum absolute atomic E-state index is 12.4. The van der Waals surface area contributed by atoms with Crippen LogP contribution in [0.4, 0.5) is 0 Å². The lowest BCUT2D eigenvalue weighted by molar-refractivity contribution is 0.376. The van der Waals surface area contributed by atoms with Gasteiger partial charge in [-0.3, -0.25) is 4.57 Å². The third kappa shape index (κ3) is 4.80. The molecular weight excluding hydrogens is 277 g/mol. The largest absolute Gasteiger partial charge is 0.304 e. The topological polar surface area (TPSA) is 23.6 Å². The molecule has 92 valence electrons.